The number of benzene rings is 3. The fourth-order valence-corrected chi connectivity index (χ4v) is 3.94. The molecule has 0 aliphatic carbocycles. The summed E-state index contributed by atoms with van der Waals surface area (Å²) in [5.41, 5.74) is 3.93. The molecule has 0 unspecified atom stereocenters. The molecule has 0 aliphatic heterocycles. The summed E-state index contributed by atoms with van der Waals surface area (Å²) in [6, 6.07) is 28.8. The largest absolute Gasteiger partial charge is 0.478 e. The van der Waals surface area contributed by atoms with E-state index in [-0.39, 0.29) is 5.56 Å². The lowest BCUT2D eigenvalue weighted by Gasteiger charge is -2.08. The Morgan fingerprint density at radius 2 is 1.57 bits per heavy atom. The van der Waals surface area contributed by atoms with Gasteiger partial charge in [0.25, 0.3) is 0 Å². The Kier molecular flexibility index (Phi) is 6.09. The van der Waals surface area contributed by atoms with E-state index < -0.39 is 5.97 Å². The van der Waals surface area contributed by atoms with Crippen LogP contribution in [0.5, 0.6) is 11.5 Å². The second kappa shape index (κ2) is 9.65. The normalized spacial score (nSPS) is 11.2. The van der Waals surface area contributed by atoms with Crippen molar-refractivity contribution in [3.05, 3.63) is 119 Å². The second-order valence-electron chi connectivity index (χ2n) is 8.14. The van der Waals surface area contributed by atoms with E-state index in [1.165, 1.54) is 0 Å². The minimum Gasteiger partial charge on any atom is -0.478 e. The number of pyridine rings is 1. The zero-order chi connectivity index (χ0) is 24.2. The minimum absolute atomic E-state index is 0.193. The van der Waals surface area contributed by atoms with Gasteiger partial charge >= 0.3 is 5.97 Å². The number of nitrogens with zero attached hydrogens (tertiary/aromatic N) is 3. The number of carbonyl (C=O) groups is 1. The number of carboxylic acids is 1. The van der Waals surface area contributed by atoms with Crippen LogP contribution in [-0.2, 0) is 6.54 Å². The molecule has 0 aliphatic rings. The van der Waals surface area contributed by atoms with Gasteiger partial charge in [-0.25, -0.2) is 14.5 Å². The highest BCUT2D eigenvalue weighted by Gasteiger charge is 2.18. The molecule has 6 heteroatoms. The minimum atomic E-state index is -1.00. The standard InChI is InChI=1S/C29H23N3O3/c1-20-27-26(29(33)34)18-23(15-12-21-8-4-2-5-9-21)30-28(27)32(31-20)19-22-13-16-25(17-14-22)35-24-10-6-3-7-11-24/h2-18H,19H2,1H3,(H,33,34). The molecule has 3 aromatic carbocycles. The van der Waals surface area contributed by atoms with Gasteiger partial charge in [-0.1, -0.05) is 66.7 Å². The molecule has 0 fully saturated rings. The SMILES string of the molecule is Cc1nn(Cc2ccc(Oc3ccccc3)cc2)c2nc(C=Cc3ccccc3)cc(C(=O)O)c12. The number of aromatic carboxylic acids is 1. The maximum atomic E-state index is 12.0. The topological polar surface area (TPSA) is 77.2 Å². The van der Waals surface area contributed by atoms with Crippen LogP contribution in [0.4, 0.5) is 0 Å². The molecule has 2 aromatic heterocycles. The molecule has 0 saturated heterocycles. The zero-order valence-electron chi connectivity index (χ0n) is 19.1. The quantitative estimate of drug-likeness (QED) is 0.301. The number of aromatic nitrogens is 3. The zero-order valence-corrected chi connectivity index (χ0v) is 19.1. The van der Waals surface area contributed by atoms with Gasteiger partial charge in [0.05, 0.1) is 28.9 Å². The highest BCUT2D eigenvalue weighted by atomic mass is 16.5. The Hall–Kier alpha value is -4.71. The molecule has 0 saturated carbocycles. The van der Waals surface area contributed by atoms with Crippen LogP contribution < -0.4 is 4.74 Å². The third kappa shape index (κ3) is 4.96. The Morgan fingerprint density at radius 3 is 2.26 bits per heavy atom. The fraction of sp³-hybridized carbons (Fsp3) is 0.0690. The highest BCUT2D eigenvalue weighted by Crippen LogP contribution is 2.25. The molecule has 0 radical (unpaired) electrons. The summed E-state index contributed by atoms with van der Waals surface area (Å²) in [5.74, 6) is 0.508. The monoisotopic (exact) mass is 461 g/mol. The number of ether oxygens (including phenoxy) is 1. The number of rotatable bonds is 7. The first-order valence-electron chi connectivity index (χ1n) is 11.2. The van der Waals surface area contributed by atoms with Gasteiger partial charge in [0.15, 0.2) is 5.65 Å². The van der Waals surface area contributed by atoms with Crippen LogP contribution in [0, 0.1) is 6.92 Å². The van der Waals surface area contributed by atoms with Crippen molar-refractivity contribution in [3.8, 4) is 11.5 Å². The maximum Gasteiger partial charge on any atom is 0.336 e. The Morgan fingerprint density at radius 1 is 0.914 bits per heavy atom. The van der Waals surface area contributed by atoms with Gasteiger partial charge in [-0.15, -0.1) is 0 Å². The van der Waals surface area contributed by atoms with Gasteiger partial charge in [-0.05, 0) is 54.5 Å². The predicted octanol–water partition coefficient (Wildman–Crippen LogP) is 6.45. The molecule has 0 bridgehead atoms. The van der Waals surface area contributed by atoms with Crippen LogP contribution in [0.1, 0.15) is 32.9 Å². The van der Waals surface area contributed by atoms with Crippen molar-refractivity contribution in [2.24, 2.45) is 0 Å². The number of para-hydroxylation sites is 1. The lowest BCUT2D eigenvalue weighted by molar-refractivity contribution is 0.0699. The van der Waals surface area contributed by atoms with Crippen molar-refractivity contribution in [1.29, 1.82) is 0 Å². The maximum absolute atomic E-state index is 12.0. The molecule has 35 heavy (non-hydrogen) atoms. The van der Waals surface area contributed by atoms with E-state index in [2.05, 4.69) is 5.10 Å². The fourth-order valence-electron chi connectivity index (χ4n) is 3.94. The smallest absolute Gasteiger partial charge is 0.336 e. The average molecular weight is 462 g/mol. The van der Waals surface area contributed by atoms with E-state index in [1.807, 2.05) is 104 Å². The Bertz CT molecular complexity index is 1510. The van der Waals surface area contributed by atoms with Crippen molar-refractivity contribution in [2.45, 2.75) is 13.5 Å². The summed E-state index contributed by atoms with van der Waals surface area (Å²) in [4.78, 5) is 16.8. The third-order valence-electron chi connectivity index (χ3n) is 5.61. The lowest BCUT2D eigenvalue weighted by Crippen LogP contribution is -2.05. The highest BCUT2D eigenvalue weighted by molar-refractivity contribution is 6.03. The molecule has 5 aromatic rings. The van der Waals surface area contributed by atoms with Gasteiger partial charge in [0, 0.05) is 0 Å². The molecule has 172 valence electrons. The summed E-state index contributed by atoms with van der Waals surface area (Å²) in [7, 11) is 0. The molecular formula is C29H23N3O3. The summed E-state index contributed by atoms with van der Waals surface area (Å²) in [6.07, 6.45) is 3.74. The Labute approximate surface area is 202 Å². The molecule has 5 rings (SSSR count). The van der Waals surface area contributed by atoms with Crippen LogP contribution in [0.3, 0.4) is 0 Å². The molecule has 2 heterocycles. The van der Waals surface area contributed by atoms with Gasteiger partial charge in [0.1, 0.15) is 11.5 Å². The lowest BCUT2D eigenvalue weighted by atomic mass is 10.1. The number of carboxylic acid groups (broad SMARTS) is 1. The van der Waals surface area contributed by atoms with Crippen molar-refractivity contribution < 1.29 is 14.6 Å². The van der Waals surface area contributed by atoms with E-state index >= 15 is 0 Å². The molecule has 0 amide bonds. The molecule has 1 N–H and O–H groups in total. The van der Waals surface area contributed by atoms with Crippen LogP contribution in [0.15, 0.2) is 91.0 Å². The predicted molar refractivity (Wildman–Crippen MR) is 137 cm³/mol. The second-order valence-corrected chi connectivity index (χ2v) is 8.14. The van der Waals surface area contributed by atoms with Crippen molar-refractivity contribution in [3.63, 3.8) is 0 Å². The van der Waals surface area contributed by atoms with Gasteiger partial charge < -0.3 is 9.84 Å². The molecular weight excluding hydrogens is 438 g/mol. The van der Waals surface area contributed by atoms with Crippen LogP contribution in [0.25, 0.3) is 23.2 Å². The number of hydrogen-bond donors (Lipinski definition) is 1. The van der Waals surface area contributed by atoms with Crippen molar-refractivity contribution in [2.75, 3.05) is 0 Å². The van der Waals surface area contributed by atoms with E-state index in [4.69, 9.17) is 9.72 Å². The van der Waals surface area contributed by atoms with E-state index in [9.17, 15) is 9.90 Å². The van der Waals surface area contributed by atoms with E-state index in [1.54, 1.807) is 10.7 Å². The first kappa shape index (κ1) is 22.1. The molecule has 0 atom stereocenters. The van der Waals surface area contributed by atoms with E-state index in [0.717, 1.165) is 22.6 Å². The molecule has 6 nitrogen and oxygen atoms in total. The average Bonchev–Trinajstić information content (AvgIpc) is 3.19. The van der Waals surface area contributed by atoms with Crippen molar-refractivity contribution >= 4 is 29.2 Å². The first-order chi connectivity index (χ1) is 17.1. The summed E-state index contributed by atoms with van der Waals surface area (Å²) in [6.45, 7) is 2.26. The summed E-state index contributed by atoms with van der Waals surface area (Å²) < 4.78 is 7.63. The van der Waals surface area contributed by atoms with Crippen LogP contribution >= 0.6 is 0 Å². The summed E-state index contributed by atoms with van der Waals surface area (Å²) in [5, 5.41) is 15.0. The van der Waals surface area contributed by atoms with Crippen molar-refractivity contribution in [1.82, 2.24) is 14.8 Å². The van der Waals surface area contributed by atoms with Gasteiger partial charge in [-0.2, -0.15) is 5.10 Å². The first-order valence-corrected chi connectivity index (χ1v) is 11.2. The molecule has 0 spiro atoms. The number of hydrogen-bond acceptors (Lipinski definition) is 4. The Balaban J connectivity index is 1.46. The van der Waals surface area contributed by atoms with Gasteiger partial charge in [-0.3, -0.25) is 0 Å². The van der Waals surface area contributed by atoms with Gasteiger partial charge in [0.2, 0.25) is 0 Å². The van der Waals surface area contributed by atoms with E-state index in [0.29, 0.717) is 29.0 Å². The van der Waals surface area contributed by atoms with Crippen LogP contribution in [0.2, 0.25) is 0 Å². The third-order valence-corrected chi connectivity index (χ3v) is 5.61. The number of aryl methyl sites for hydroxylation is 1. The number of fused-ring (bicyclic) bond motifs is 1. The van der Waals surface area contributed by atoms with Crippen LogP contribution in [-0.4, -0.2) is 25.8 Å². The summed E-state index contributed by atoms with van der Waals surface area (Å²) >= 11 is 0.